The first-order chi connectivity index (χ1) is 5.15. The Hall–Kier alpha value is 0.240. The maximum atomic E-state index is 5.77. The smallest absolute Gasteiger partial charge is 0.0477 e. The summed E-state index contributed by atoms with van der Waals surface area (Å²) in [6.07, 6.45) is 0. The van der Waals surface area contributed by atoms with E-state index < -0.39 is 0 Å². The van der Waals surface area contributed by atoms with Gasteiger partial charge in [-0.3, -0.25) is 0 Å². The summed E-state index contributed by atoms with van der Waals surface area (Å²) in [6.45, 7) is 4.20. The van der Waals surface area contributed by atoms with Gasteiger partial charge >= 0.3 is 0 Å². The van der Waals surface area contributed by atoms with Crippen LogP contribution in [-0.2, 0) is 5.88 Å². The van der Waals surface area contributed by atoms with E-state index in [4.69, 9.17) is 11.6 Å². The Morgan fingerprint density at radius 1 is 1.36 bits per heavy atom. The van der Waals surface area contributed by atoms with Gasteiger partial charge in [0.1, 0.15) is 0 Å². The van der Waals surface area contributed by atoms with Crippen molar-refractivity contribution in [2.75, 3.05) is 0 Å². The first-order valence-electron chi connectivity index (χ1n) is 3.46. The predicted molar refractivity (Wildman–Crippen MR) is 58.2 cm³/mol. The molecule has 0 aliphatic carbocycles. The Labute approximate surface area is 86.1 Å². The molecule has 0 amide bonds. The van der Waals surface area contributed by atoms with Gasteiger partial charge < -0.3 is 0 Å². The molecule has 11 heavy (non-hydrogen) atoms. The Kier molecular flexibility index (Phi) is 3.19. The van der Waals surface area contributed by atoms with Crippen molar-refractivity contribution in [1.82, 2.24) is 0 Å². The molecule has 0 unspecified atom stereocenters. The van der Waals surface area contributed by atoms with Crippen molar-refractivity contribution in [2.45, 2.75) is 19.7 Å². The average molecular weight is 281 g/mol. The number of hydrogen-bond donors (Lipinski definition) is 0. The SMILES string of the molecule is Cc1cc(I)c(C)c(CCl)c1. The molecular weight excluding hydrogens is 270 g/mol. The highest BCUT2D eigenvalue weighted by Gasteiger charge is 2.01. The lowest BCUT2D eigenvalue weighted by Gasteiger charge is -2.05. The second-order valence-corrected chi connectivity index (χ2v) is 4.09. The topological polar surface area (TPSA) is 0 Å². The summed E-state index contributed by atoms with van der Waals surface area (Å²) >= 11 is 8.11. The van der Waals surface area contributed by atoms with Crippen LogP contribution in [0.2, 0.25) is 0 Å². The van der Waals surface area contributed by atoms with E-state index >= 15 is 0 Å². The van der Waals surface area contributed by atoms with Crippen LogP contribution < -0.4 is 0 Å². The molecule has 0 aliphatic rings. The van der Waals surface area contributed by atoms with Crippen LogP contribution in [0.4, 0.5) is 0 Å². The molecular formula is C9H10ClI. The maximum Gasteiger partial charge on any atom is 0.0477 e. The van der Waals surface area contributed by atoms with Gasteiger partial charge in [0.15, 0.2) is 0 Å². The minimum Gasteiger partial charge on any atom is -0.122 e. The van der Waals surface area contributed by atoms with Gasteiger partial charge in [-0.25, -0.2) is 0 Å². The number of benzene rings is 1. The highest BCUT2D eigenvalue weighted by Crippen LogP contribution is 2.19. The summed E-state index contributed by atoms with van der Waals surface area (Å²) < 4.78 is 1.30. The standard InChI is InChI=1S/C9H10ClI/c1-6-3-8(5-10)7(2)9(11)4-6/h3-4H,5H2,1-2H3. The van der Waals surface area contributed by atoms with Gasteiger partial charge in [0.2, 0.25) is 0 Å². The molecule has 1 rings (SSSR count). The zero-order chi connectivity index (χ0) is 8.43. The van der Waals surface area contributed by atoms with Crippen molar-refractivity contribution in [2.24, 2.45) is 0 Å². The number of alkyl halides is 1. The first-order valence-corrected chi connectivity index (χ1v) is 5.08. The molecule has 2 heteroatoms. The van der Waals surface area contributed by atoms with Gasteiger partial charge in [-0.2, -0.15) is 0 Å². The third-order valence-electron chi connectivity index (χ3n) is 1.74. The molecule has 0 aromatic heterocycles. The third-order valence-corrected chi connectivity index (χ3v) is 3.15. The quantitative estimate of drug-likeness (QED) is 0.544. The summed E-state index contributed by atoms with van der Waals surface area (Å²) in [5, 5.41) is 0. The van der Waals surface area contributed by atoms with Gasteiger partial charge in [0.25, 0.3) is 0 Å². The molecule has 0 nitrogen and oxygen atoms in total. The molecule has 0 saturated heterocycles. The van der Waals surface area contributed by atoms with Crippen molar-refractivity contribution in [3.8, 4) is 0 Å². The third kappa shape index (κ3) is 2.09. The van der Waals surface area contributed by atoms with Crippen molar-refractivity contribution < 1.29 is 0 Å². The Bertz CT molecular complexity index is 269. The zero-order valence-electron chi connectivity index (χ0n) is 6.62. The molecule has 0 saturated carbocycles. The maximum absolute atomic E-state index is 5.77. The van der Waals surface area contributed by atoms with Crippen LogP contribution in [0.15, 0.2) is 12.1 Å². The van der Waals surface area contributed by atoms with E-state index in [1.807, 2.05) is 0 Å². The summed E-state index contributed by atoms with van der Waals surface area (Å²) in [5.41, 5.74) is 3.85. The van der Waals surface area contributed by atoms with E-state index in [1.165, 1.54) is 20.3 Å². The highest BCUT2D eigenvalue weighted by atomic mass is 127. The second-order valence-electron chi connectivity index (χ2n) is 2.66. The van der Waals surface area contributed by atoms with Gasteiger partial charge in [-0.1, -0.05) is 6.07 Å². The van der Waals surface area contributed by atoms with Crippen LogP contribution in [0.25, 0.3) is 0 Å². The second kappa shape index (κ2) is 3.76. The largest absolute Gasteiger partial charge is 0.122 e. The van der Waals surface area contributed by atoms with E-state index in [0.717, 1.165) is 0 Å². The van der Waals surface area contributed by atoms with Crippen molar-refractivity contribution in [3.63, 3.8) is 0 Å². The average Bonchev–Trinajstić information content (AvgIpc) is 1.96. The van der Waals surface area contributed by atoms with E-state index in [-0.39, 0.29) is 0 Å². The molecule has 1 aromatic carbocycles. The Morgan fingerprint density at radius 2 is 2.00 bits per heavy atom. The molecule has 60 valence electrons. The fraction of sp³-hybridized carbons (Fsp3) is 0.333. The van der Waals surface area contributed by atoms with Gasteiger partial charge in [0, 0.05) is 9.45 Å². The molecule has 0 atom stereocenters. The van der Waals surface area contributed by atoms with Gasteiger partial charge in [-0.05, 0) is 59.2 Å². The molecule has 1 aromatic rings. The lowest BCUT2D eigenvalue weighted by molar-refractivity contribution is 1.25. The van der Waals surface area contributed by atoms with Crippen LogP contribution in [0.5, 0.6) is 0 Å². The van der Waals surface area contributed by atoms with Crippen LogP contribution in [0.1, 0.15) is 16.7 Å². The lowest BCUT2D eigenvalue weighted by Crippen LogP contribution is -1.90. The van der Waals surface area contributed by atoms with Crippen LogP contribution in [0, 0.1) is 17.4 Å². The van der Waals surface area contributed by atoms with Crippen LogP contribution >= 0.6 is 34.2 Å². The summed E-state index contributed by atoms with van der Waals surface area (Å²) in [6, 6.07) is 4.32. The van der Waals surface area contributed by atoms with Gasteiger partial charge in [0.05, 0.1) is 0 Å². The van der Waals surface area contributed by atoms with E-state index in [2.05, 4.69) is 48.6 Å². The van der Waals surface area contributed by atoms with Crippen molar-refractivity contribution in [3.05, 3.63) is 32.4 Å². The predicted octanol–water partition coefficient (Wildman–Crippen LogP) is 3.65. The highest BCUT2D eigenvalue weighted by molar-refractivity contribution is 14.1. The van der Waals surface area contributed by atoms with E-state index in [9.17, 15) is 0 Å². The fourth-order valence-corrected chi connectivity index (χ4v) is 2.14. The molecule has 0 spiro atoms. The first kappa shape index (κ1) is 9.33. The van der Waals surface area contributed by atoms with Crippen molar-refractivity contribution in [1.29, 1.82) is 0 Å². The summed E-state index contributed by atoms with van der Waals surface area (Å²) in [5.74, 6) is 0.615. The zero-order valence-corrected chi connectivity index (χ0v) is 9.53. The molecule has 0 fully saturated rings. The number of halogens is 2. The van der Waals surface area contributed by atoms with Crippen LogP contribution in [0.3, 0.4) is 0 Å². The minimum atomic E-state index is 0.615. The number of rotatable bonds is 1. The fourth-order valence-electron chi connectivity index (χ4n) is 1.03. The normalized spacial score (nSPS) is 10.2. The summed E-state index contributed by atoms with van der Waals surface area (Å²) in [7, 11) is 0. The number of hydrogen-bond acceptors (Lipinski definition) is 0. The van der Waals surface area contributed by atoms with Crippen LogP contribution in [-0.4, -0.2) is 0 Å². The molecule has 0 N–H and O–H groups in total. The minimum absolute atomic E-state index is 0.615. The molecule has 0 radical (unpaired) electrons. The molecule has 0 bridgehead atoms. The Balaban J connectivity index is 3.24. The molecule has 0 heterocycles. The lowest BCUT2D eigenvalue weighted by atomic mass is 10.1. The van der Waals surface area contributed by atoms with Crippen molar-refractivity contribution >= 4 is 34.2 Å². The monoisotopic (exact) mass is 280 g/mol. The molecule has 0 aliphatic heterocycles. The van der Waals surface area contributed by atoms with E-state index in [0.29, 0.717) is 5.88 Å². The van der Waals surface area contributed by atoms with E-state index in [1.54, 1.807) is 0 Å². The number of aryl methyl sites for hydroxylation is 1. The Morgan fingerprint density at radius 3 is 2.55 bits per heavy atom. The summed E-state index contributed by atoms with van der Waals surface area (Å²) in [4.78, 5) is 0. The van der Waals surface area contributed by atoms with Gasteiger partial charge in [-0.15, -0.1) is 11.6 Å².